The number of fused-ring (bicyclic) bond motifs is 1. The van der Waals surface area contributed by atoms with Crippen molar-refractivity contribution in [1.82, 2.24) is 19.5 Å². The van der Waals surface area contributed by atoms with Crippen LogP contribution in [0, 0.1) is 10.8 Å². The van der Waals surface area contributed by atoms with Gasteiger partial charge in [-0.2, -0.15) is 13.2 Å². The van der Waals surface area contributed by atoms with E-state index in [1.54, 1.807) is 6.33 Å². The lowest BCUT2D eigenvalue weighted by atomic mass is 9.68. The molecule has 2 heterocycles. The van der Waals surface area contributed by atoms with Crippen molar-refractivity contribution in [2.24, 2.45) is 10.8 Å². The lowest BCUT2D eigenvalue weighted by Gasteiger charge is -2.38. The van der Waals surface area contributed by atoms with Gasteiger partial charge >= 0.3 is 18.1 Å². The molecule has 0 aliphatic heterocycles. The van der Waals surface area contributed by atoms with Crippen molar-refractivity contribution in [2.75, 3.05) is 5.32 Å². The van der Waals surface area contributed by atoms with Crippen molar-refractivity contribution in [1.29, 1.82) is 0 Å². The van der Waals surface area contributed by atoms with Gasteiger partial charge in [-0.05, 0) is 33.6 Å². The van der Waals surface area contributed by atoms with Crippen molar-refractivity contribution < 1.29 is 33.0 Å². The van der Waals surface area contributed by atoms with E-state index in [-0.39, 0.29) is 12.1 Å². The normalized spacial score (nSPS) is 22.8. The minimum absolute atomic E-state index is 0.0147. The van der Waals surface area contributed by atoms with Crippen LogP contribution in [0.1, 0.15) is 53.5 Å². The number of carboxylic acid groups (broad SMARTS) is 2. The van der Waals surface area contributed by atoms with Gasteiger partial charge in [0, 0.05) is 17.5 Å². The molecule has 2 aromatic heterocycles. The molecule has 1 fully saturated rings. The summed E-state index contributed by atoms with van der Waals surface area (Å²) in [4.78, 5) is 33.8. The third-order valence-electron chi connectivity index (χ3n) is 6.17. The second-order valence-electron chi connectivity index (χ2n) is 8.54. The second kappa shape index (κ2) is 8.31. The molecule has 1 aliphatic carbocycles. The summed E-state index contributed by atoms with van der Waals surface area (Å²) < 4.78 is 33.7. The quantitative estimate of drug-likeness (QED) is 0.649. The van der Waals surface area contributed by atoms with Gasteiger partial charge in [-0.25, -0.2) is 19.7 Å². The highest BCUT2D eigenvalue weighted by Gasteiger charge is 2.56. The molecule has 172 valence electrons. The third-order valence-corrected chi connectivity index (χ3v) is 6.17. The topological polar surface area (TPSA) is 130 Å². The summed E-state index contributed by atoms with van der Waals surface area (Å²) in [5.74, 6) is -2.83. The number of halogens is 3. The van der Waals surface area contributed by atoms with Crippen molar-refractivity contribution in [3.05, 3.63) is 12.7 Å². The number of alkyl halides is 3. The molecule has 3 rings (SSSR count). The highest BCUT2D eigenvalue weighted by atomic mass is 19.4. The molecule has 0 aromatic carbocycles. The van der Waals surface area contributed by atoms with Crippen molar-refractivity contribution in [3.8, 4) is 0 Å². The van der Waals surface area contributed by atoms with Crippen LogP contribution in [0.3, 0.4) is 0 Å². The van der Waals surface area contributed by atoms with Crippen molar-refractivity contribution in [2.45, 2.75) is 65.7 Å². The Morgan fingerprint density at radius 1 is 1.19 bits per heavy atom. The van der Waals surface area contributed by atoms with Crippen LogP contribution in [0.15, 0.2) is 12.7 Å². The Hall–Kier alpha value is -2.92. The number of aliphatic carboxylic acids is 2. The number of rotatable bonds is 4. The number of hydrogen-bond acceptors (Lipinski definition) is 6. The summed E-state index contributed by atoms with van der Waals surface area (Å²) in [5.41, 5.74) is 0.357. The monoisotopic (exact) mass is 445 g/mol. The SMILES string of the molecule is CC(C)n1cnc2c(N[C@H]3CC[C@@](C)(C(=O)O)C3(C)C)ncnc21.O=C(O)C(F)(F)F. The Morgan fingerprint density at radius 3 is 2.23 bits per heavy atom. The average Bonchev–Trinajstić information content (AvgIpc) is 3.17. The predicted molar refractivity (Wildman–Crippen MR) is 106 cm³/mol. The first-order valence-corrected chi connectivity index (χ1v) is 9.60. The van der Waals surface area contributed by atoms with Gasteiger partial charge in [-0.1, -0.05) is 13.8 Å². The summed E-state index contributed by atoms with van der Waals surface area (Å²) in [6.07, 6.45) is -0.353. The first-order chi connectivity index (χ1) is 14.1. The van der Waals surface area contributed by atoms with Crippen LogP contribution in [-0.2, 0) is 9.59 Å². The largest absolute Gasteiger partial charge is 0.490 e. The van der Waals surface area contributed by atoms with Crippen molar-refractivity contribution >= 4 is 28.9 Å². The standard InChI is InChI=1S/C17H25N5O2.C2HF3O2/c1-10(2)22-9-20-12-13(18-8-19-14(12)22)21-11-6-7-17(5,15(23)24)16(11,3)4;3-2(4,5)1(6)7/h8-11H,6-7H2,1-5H3,(H,23,24)(H,18,19,21);(H,6,7)/t11-,17-;/m0./s1. The number of carboxylic acids is 2. The van der Waals surface area contributed by atoms with Gasteiger partial charge in [0.1, 0.15) is 11.8 Å². The predicted octanol–water partition coefficient (Wildman–Crippen LogP) is 3.73. The molecule has 0 unspecified atom stereocenters. The van der Waals surface area contributed by atoms with E-state index in [4.69, 9.17) is 9.90 Å². The van der Waals surface area contributed by atoms with Crippen LogP contribution in [0.4, 0.5) is 19.0 Å². The van der Waals surface area contributed by atoms with Gasteiger partial charge in [0.15, 0.2) is 11.5 Å². The Bertz CT molecular complexity index is 973. The zero-order chi connectivity index (χ0) is 23.8. The number of aromatic nitrogens is 4. The second-order valence-corrected chi connectivity index (χ2v) is 8.54. The molecule has 9 nitrogen and oxygen atoms in total. The lowest BCUT2D eigenvalue weighted by Crippen LogP contribution is -2.45. The van der Waals surface area contributed by atoms with E-state index in [2.05, 4.69) is 34.1 Å². The molecule has 0 bridgehead atoms. The fourth-order valence-electron chi connectivity index (χ4n) is 3.64. The van der Waals surface area contributed by atoms with Crippen LogP contribution >= 0.6 is 0 Å². The molecular formula is C19H26F3N5O4. The van der Waals surface area contributed by atoms with E-state index in [0.717, 1.165) is 17.6 Å². The molecule has 12 heteroatoms. The molecule has 0 saturated heterocycles. The summed E-state index contributed by atoms with van der Waals surface area (Å²) >= 11 is 0. The van der Waals surface area contributed by atoms with Gasteiger partial charge in [0.25, 0.3) is 0 Å². The van der Waals surface area contributed by atoms with Gasteiger partial charge < -0.3 is 20.1 Å². The third kappa shape index (κ3) is 4.57. The first-order valence-electron chi connectivity index (χ1n) is 9.60. The molecule has 31 heavy (non-hydrogen) atoms. The van der Waals surface area contributed by atoms with Crippen LogP contribution in [0.25, 0.3) is 11.2 Å². The fraction of sp³-hybridized carbons (Fsp3) is 0.632. The molecule has 2 aromatic rings. The van der Waals surface area contributed by atoms with Crippen LogP contribution in [0.2, 0.25) is 0 Å². The van der Waals surface area contributed by atoms with Gasteiger partial charge in [0.2, 0.25) is 0 Å². The zero-order valence-corrected chi connectivity index (χ0v) is 17.9. The highest BCUT2D eigenvalue weighted by Crippen LogP contribution is 2.53. The van der Waals surface area contributed by atoms with Gasteiger partial charge in [-0.15, -0.1) is 0 Å². The van der Waals surface area contributed by atoms with Crippen LogP contribution < -0.4 is 5.32 Å². The molecule has 0 amide bonds. The molecule has 1 aliphatic rings. The minimum Gasteiger partial charge on any atom is -0.481 e. The van der Waals surface area contributed by atoms with Crippen LogP contribution in [0.5, 0.6) is 0 Å². The van der Waals surface area contributed by atoms with Crippen LogP contribution in [-0.4, -0.2) is 53.9 Å². The van der Waals surface area contributed by atoms with E-state index in [9.17, 15) is 23.1 Å². The minimum atomic E-state index is -5.08. The summed E-state index contributed by atoms with van der Waals surface area (Å²) in [7, 11) is 0. The summed E-state index contributed by atoms with van der Waals surface area (Å²) in [5, 5.41) is 20.2. The number of nitrogens with zero attached hydrogens (tertiary/aromatic N) is 4. The Labute approximate surface area is 176 Å². The zero-order valence-electron chi connectivity index (χ0n) is 17.9. The maximum Gasteiger partial charge on any atom is 0.490 e. The average molecular weight is 445 g/mol. The number of anilines is 1. The maximum absolute atomic E-state index is 11.8. The molecule has 0 radical (unpaired) electrons. The Kier molecular flexibility index (Phi) is 6.53. The van der Waals surface area contributed by atoms with Gasteiger partial charge in [0.05, 0.1) is 11.7 Å². The van der Waals surface area contributed by atoms with E-state index >= 15 is 0 Å². The van der Waals surface area contributed by atoms with E-state index < -0.39 is 28.9 Å². The number of hydrogen-bond donors (Lipinski definition) is 3. The highest BCUT2D eigenvalue weighted by molar-refractivity contribution is 5.83. The molecule has 1 saturated carbocycles. The van der Waals surface area contributed by atoms with E-state index in [1.807, 2.05) is 25.3 Å². The number of carbonyl (C=O) groups is 2. The molecule has 3 N–H and O–H groups in total. The maximum atomic E-state index is 11.8. The Balaban J connectivity index is 0.000000423. The van der Waals surface area contributed by atoms with Crippen molar-refractivity contribution in [3.63, 3.8) is 0 Å². The molecule has 0 spiro atoms. The number of nitrogens with one attached hydrogen (secondary N) is 1. The van der Waals surface area contributed by atoms with E-state index in [0.29, 0.717) is 12.2 Å². The fourth-order valence-corrected chi connectivity index (χ4v) is 3.64. The van der Waals surface area contributed by atoms with Gasteiger partial charge in [-0.3, -0.25) is 4.79 Å². The Morgan fingerprint density at radius 2 is 1.77 bits per heavy atom. The first kappa shape index (κ1) is 24.4. The summed E-state index contributed by atoms with van der Waals surface area (Å²) in [6, 6.07) is 0.275. The lowest BCUT2D eigenvalue weighted by molar-refractivity contribution is -0.192. The molecular weight excluding hydrogens is 419 g/mol. The number of imidazole rings is 1. The smallest absolute Gasteiger partial charge is 0.481 e. The summed E-state index contributed by atoms with van der Waals surface area (Å²) in [6.45, 7) is 10.0. The molecule has 2 atom stereocenters. The van der Waals surface area contributed by atoms with E-state index in [1.165, 1.54) is 6.33 Å².